The molecule has 4 aromatic carbocycles. The van der Waals surface area contributed by atoms with Crippen molar-refractivity contribution in [2.24, 2.45) is 0 Å². The van der Waals surface area contributed by atoms with E-state index in [1.165, 1.54) is 0 Å². The molecule has 0 N–H and O–H groups in total. The number of benzene rings is 4. The highest BCUT2D eigenvalue weighted by atomic mass is 31.2. The Labute approximate surface area is 284 Å². The highest BCUT2D eigenvalue weighted by molar-refractivity contribution is 7.53. The maximum Gasteiger partial charge on any atom is 0.347 e. The molecule has 0 radical (unpaired) electrons. The molecule has 0 bridgehead atoms. The van der Waals surface area contributed by atoms with Crippen LogP contribution < -0.4 is 0 Å². The van der Waals surface area contributed by atoms with Gasteiger partial charge in [0.15, 0.2) is 6.29 Å². The number of hydrogen-bond acceptors (Lipinski definition) is 7. The molecule has 5 atom stereocenters. The standard InChI is InChI=1S/C38H47N2O7P/c1-39(2)48(41,40(3)4)47-38-37(45-28-33-23-15-8-16-24-33)36(44-27-32-21-13-7-14-22-32)35(43-26-31-19-11-6-12-20-31)34(46-38)29-42-25-30-17-9-5-10-18-30/h5-24,34-38H,25-29H2,1-4H3/t34-,35-,36+,37-,38-/m1/s1. The molecule has 0 aromatic heterocycles. The van der Waals surface area contributed by atoms with Crippen molar-refractivity contribution in [1.29, 1.82) is 0 Å². The number of ether oxygens (including phenoxy) is 5. The molecule has 0 amide bonds. The lowest BCUT2D eigenvalue weighted by Crippen LogP contribution is -2.61. The Morgan fingerprint density at radius 2 is 0.917 bits per heavy atom. The predicted molar refractivity (Wildman–Crippen MR) is 186 cm³/mol. The van der Waals surface area contributed by atoms with E-state index >= 15 is 0 Å². The summed E-state index contributed by atoms with van der Waals surface area (Å²) in [6.45, 7) is 1.44. The Balaban J connectivity index is 1.50. The molecule has 256 valence electrons. The molecular weight excluding hydrogens is 627 g/mol. The van der Waals surface area contributed by atoms with Gasteiger partial charge in [-0.15, -0.1) is 0 Å². The van der Waals surface area contributed by atoms with Crippen molar-refractivity contribution in [3.8, 4) is 0 Å². The second kappa shape index (κ2) is 18.0. The molecule has 1 aliphatic rings. The molecule has 48 heavy (non-hydrogen) atoms. The Morgan fingerprint density at radius 3 is 1.33 bits per heavy atom. The zero-order valence-electron chi connectivity index (χ0n) is 28.2. The number of nitrogens with zero attached hydrogens (tertiary/aromatic N) is 2. The van der Waals surface area contributed by atoms with Crippen LogP contribution in [0.2, 0.25) is 0 Å². The van der Waals surface area contributed by atoms with Crippen LogP contribution >= 0.6 is 7.67 Å². The van der Waals surface area contributed by atoms with Crippen LogP contribution in [0.25, 0.3) is 0 Å². The fourth-order valence-electron chi connectivity index (χ4n) is 5.51. The third-order valence-electron chi connectivity index (χ3n) is 8.09. The van der Waals surface area contributed by atoms with E-state index in [2.05, 4.69) is 0 Å². The van der Waals surface area contributed by atoms with Crippen LogP contribution in [0.1, 0.15) is 22.3 Å². The van der Waals surface area contributed by atoms with Crippen LogP contribution in [0.3, 0.4) is 0 Å². The second-order valence-electron chi connectivity index (χ2n) is 12.1. The van der Waals surface area contributed by atoms with Gasteiger partial charge in [-0.25, -0.2) is 9.34 Å². The van der Waals surface area contributed by atoms with Gasteiger partial charge in [0.1, 0.15) is 24.4 Å². The fraction of sp³-hybridized carbons (Fsp3) is 0.368. The first-order valence-corrected chi connectivity index (χ1v) is 17.7. The minimum Gasteiger partial charge on any atom is -0.374 e. The zero-order valence-corrected chi connectivity index (χ0v) is 29.1. The summed E-state index contributed by atoms with van der Waals surface area (Å²) in [5.41, 5.74) is 4.01. The van der Waals surface area contributed by atoms with E-state index in [1.54, 1.807) is 37.5 Å². The SMILES string of the molecule is CN(C)P(=O)(O[C@H]1O[C@H](COCc2ccccc2)[C@@H](OCc2ccccc2)[C@H](OCc2ccccc2)[C@H]1OCc1ccccc1)N(C)C. The summed E-state index contributed by atoms with van der Waals surface area (Å²) in [6, 6.07) is 39.8. The Morgan fingerprint density at radius 1 is 0.542 bits per heavy atom. The van der Waals surface area contributed by atoms with Gasteiger partial charge >= 0.3 is 7.67 Å². The number of rotatable bonds is 17. The third kappa shape index (κ3) is 9.92. The zero-order chi connectivity index (χ0) is 33.8. The molecule has 1 fully saturated rings. The monoisotopic (exact) mass is 674 g/mol. The Hall–Kier alpha value is -3.21. The summed E-state index contributed by atoms with van der Waals surface area (Å²) in [6.07, 6.45) is -3.83. The van der Waals surface area contributed by atoms with Crippen LogP contribution in [0.15, 0.2) is 121 Å². The summed E-state index contributed by atoms with van der Waals surface area (Å²) >= 11 is 0. The molecule has 1 saturated heterocycles. The minimum absolute atomic E-state index is 0.180. The Kier molecular flexibility index (Phi) is 13.5. The van der Waals surface area contributed by atoms with E-state index in [4.69, 9.17) is 28.2 Å². The minimum atomic E-state index is -3.53. The number of hydrogen-bond donors (Lipinski definition) is 0. The largest absolute Gasteiger partial charge is 0.374 e. The summed E-state index contributed by atoms with van der Waals surface area (Å²) < 4.78 is 56.9. The smallest absolute Gasteiger partial charge is 0.347 e. The van der Waals surface area contributed by atoms with E-state index in [0.29, 0.717) is 19.8 Å². The van der Waals surface area contributed by atoms with Gasteiger partial charge in [0.05, 0.1) is 33.0 Å². The highest BCUT2D eigenvalue weighted by Gasteiger charge is 2.51. The van der Waals surface area contributed by atoms with Crippen LogP contribution in [0, 0.1) is 0 Å². The van der Waals surface area contributed by atoms with E-state index in [9.17, 15) is 4.57 Å². The molecule has 1 heterocycles. The average molecular weight is 675 g/mol. The normalized spacial score (nSPS) is 21.5. The third-order valence-corrected chi connectivity index (χ3v) is 10.6. The quantitative estimate of drug-likeness (QED) is 0.111. The van der Waals surface area contributed by atoms with Crippen molar-refractivity contribution >= 4 is 7.67 Å². The second-order valence-corrected chi connectivity index (χ2v) is 14.9. The van der Waals surface area contributed by atoms with Gasteiger partial charge in [-0.3, -0.25) is 9.09 Å². The van der Waals surface area contributed by atoms with E-state index in [1.807, 2.05) is 121 Å². The molecule has 0 spiro atoms. The average Bonchev–Trinajstić information content (AvgIpc) is 3.11. The first-order valence-electron chi connectivity index (χ1n) is 16.2. The fourth-order valence-corrected chi connectivity index (χ4v) is 7.05. The van der Waals surface area contributed by atoms with Crippen molar-refractivity contribution in [1.82, 2.24) is 9.34 Å². The molecule has 0 aliphatic carbocycles. The molecular formula is C38H47N2O7P. The summed E-state index contributed by atoms with van der Waals surface area (Å²) in [5.74, 6) is 0. The van der Waals surface area contributed by atoms with Crippen molar-refractivity contribution in [2.45, 2.75) is 57.1 Å². The van der Waals surface area contributed by atoms with E-state index in [0.717, 1.165) is 22.3 Å². The maximum absolute atomic E-state index is 14.3. The molecule has 5 rings (SSSR count). The predicted octanol–water partition coefficient (Wildman–Crippen LogP) is 6.93. The van der Waals surface area contributed by atoms with Crippen molar-refractivity contribution < 1.29 is 32.8 Å². The lowest BCUT2D eigenvalue weighted by molar-refractivity contribution is -0.311. The molecule has 4 aromatic rings. The van der Waals surface area contributed by atoms with Crippen molar-refractivity contribution in [3.63, 3.8) is 0 Å². The van der Waals surface area contributed by atoms with Gasteiger partial charge < -0.3 is 23.7 Å². The van der Waals surface area contributed by atoms with E-state index < -0.39 is 38.4 Å². The Bertz CT molecular complexity index is 1520. The van der Waals surface area contributed by atoms with Crippen LogP contribution in [-0.4, -0.2) is 74.8 Å². The summed E-state index contributed by atoms with van der Waals surface area (Å²) in [4.78, 5) is 0. The van der Waals surface area contributed by atoms with Gasteiger partial charge in [0.25, 0.3) is 0 Å². The molecule has 1 aliphatic heterocycles. The van der Waals surface area contributed by atoms with Crippen molar-refractivity contribution in [2.75, 3.05) is 34.8 Å². The van der Waals surface area contributed by atoms with Crippen LogP contribution in [0.4, 0.5) is 0 Å². The first kappa shape index (κ1) is 36.1. The highest BCUT2D eigenvalue weighted by Crippen LogP contribution is 2.53. The lowest BCUT2D eigenvalue weighted by Gasteiger charge is -2.47. The molecule has 0 saturated carbocycles. The van der Waals surface area contributed by atoms with Gasteiger partial charge in [0.2, 0.25) is 0 Å². The van der Waals surface area contributed by atoms with Gasteiger partial charge in [-0.05, 0) is 50.4 Å². The van der Waals surface area contributed by atoms with Gasteiger partial charge in [-0.1, -0.05) is 121 Å². The summed E-state index contributed by atoms with van der Waals surface area (Å²) in [5, 5.41) is 0. The summed E-state index contributed by atoms with van der Waals surface area (Å²) in [7, 11) is 3.36. The van der Waals surface area contributed by atoms with Crippen LogP contribution in [0.5, 0.6) is 0 Å². The lowest BCUT2D eigenvalue weighted by atomic mass is 9.98. The first-order chi connectivity index (χ1) is 23.3. The van der Waals surface area contributed by atoms with Gasteiger partial charge in [-0.2, -0.15) is 0 Å². The molecule has 10 heteroatoms. The van der Waals surface area contributed by atoms with Gasteiger partial charge in [0, 0.05) is 0 Å². The topological polar surface area (TPSA) is 78.9 Å². The van der Waals surface area contributed by atoms with Crippen LogP contribution in [-0.2, 0) is 59.2 Å². The maximum atomic E-state index is 14.3. The van der Waals surface area contributed by atoms with Crippen molar-refractivity contribution in [3.05, 3.63) is 144 Å². The molecule has 9 nitrogen and oxygen atoms in total. The molecule has 0 unspecified atom stereocenters. The van der Waals surface area contributed by atoms with E-state index in [-0.39, 0.29) is 13.2 Å².